The van der Waals surface area contributed by atoms with Crippen LogP contribution in [0.5, 0.6) is 0 Å². The van der Waals surface area contributed by atoms with E-state index in [1.165, 1.54) is 12.8 Å². The van der Waals surface area contributed by atoms with Crippen LogP contribution in [0.4, 0.5) is 10.5 Å². The Morgan fingerprint density at radius 1 is 1.19 bits per heavy atom. The van der Waals surface area contributed by atoms with Gasteiger partial charge in [0.25, 0.3) is 5.89 Å². The van der Waals surface area contributed by atoms with Gasteiger partial charge in [-0.1, -0.05) is 17.3 Å². The number of carbonyl (C=O) groups excluding carboxylic acids is 1. The van der Waals surface area contributed by atoms with E-state index in [1.54, 1.807) is 4.90 Å². The molecule has 3 aliphatic rings. The van der Waals surface area contributed by atoms with E-state index < -0.39 is 6.03 Å². The lowest BCUT2D eigenvalue weighted by molar-refractivity contribution is 0.160. The molecule has 1 aliphatic carbocycles. The molecule has 2 unspecified atom stereocenters. The van der Waals surface area contributed by atoms with Crippen LogP contribution in [-0.4, -0.2) is 46.2 Å². The molecule has 3 heterocycles. The summed E-state index contributed by atoms with van der Waals surface area (Å²) >= 11 is 0. The van der Waals surface area contributed by atoms with Gasteiger partial charge in [0, 0.05) is 24.0 Å². The van der Waals surface area contributed by atoms with E-state index in [0.29, 0.717) is 23.9 Å². The molecule has 3 fully saturated rings. The number of rotatable bonds is 4. The number of carbonyl (C=O) groups is 1. The molecule has 2 aliphatic heterocycles. The maximum atomic E-state index is 12.5. The number of para-hydroxylation sites is 1. The van der Waals surface area contributed by atoms with Crippen molar-refractivity contribution in [3.05, 3.63) is 30.1 Å². The van der Waals surface area contributed by atoms with E-state index in [9.17, 15) is 4.79 Å². The Kier molecular flexibility index (Phi) is 3.93. The van der Waals surface area contributed by atoms with E-state index in [4.69, 9.17) is 10.3 Å². The van der Waals surface area contributed by atoms with Crippen molar-refractivity contribution in [2.45, 2.75) is 62.6 Å². The summed E-state index contributed by atoms with van der Waals surface area (Å²) in [5.41, 5.74) is 7.41. The Morgan fingerprint density at radius 2 is 1.89 bits per heavy atom. The first-order valence-corrected chi connectivity index (χ1v) is 9.85. The van der Waals surface area contributed by atoms with Gasteiger partial charge in [0.2, 0.25) is 0 Å². The number of primary amides is 1. The van der Waals surface area contributed by atoms with Gasteiger partial charge in [-0.05, 0) is 57.7 Å². The van der Waals surface area contributed by atoms with Gasteiger partial charge >= 0.3 is 6.03 Å². The molecule has 2 aromatic rings. The lowest BCUT2D eigenvalue weighted by atomic mass is 9.95. The summed E-state index contributed by atoms with van der Waals surface area (Å²) in [5.74, 6) is 1.66. The molecule has 7 nitrogen and oxygen atoms in total. The van der Waals surface area contributed by atoms with Crippen LogP contribution >= 0.6 is 0 Å². The minimum atomic E-state index is -0.418. The minimum Gasteiger partial charge on any atom is -0.351 e. The van der Waals surface area contributed by atoms with Crippen molar-refractivity contribution in [2.24, 2.45) is 5.73 Å². The van der Waals surface area contributed by atoms with Crippen LogP contribution in [0.3, 0.4) is 0 Å². The van der Waals surface area contributed by atoms with Crippen LogP contribution in [0.25, 0.3) is 11.5 Å². The summed E-state index contributed by atoms with van der Waals surface area (Å²) in [7, 11) is 2.19. The first kappa shape index (κ1) is 16.7. The van der Waals surface area contributed by atoms with E-state index in [-0.39, 0.29) is 6.04 Å². The normalized spacial score (nSPS) is 27.7. The van der Waals surface area contributed by atoms with Gasteiger partial charge in [-0.3, -0.25) is 4.90 Å². The first-order valence-electron chi connectivity index (χ1n) is 9.85. The second kappa shape index (κ2) is 6.34. The van der Waals surface area contributed by atoms with Crippen LogP contribution < -0.4 is 10.6 Å². The maximum Gasteiger partial charge on any atom is 0.319 e. The molecule has 2 amide bonds. The molecule has 0 spiro atoms. The molecular weight excluding hydrogens is 342 g/mol. The van der Waals surface area contributed by atoms with Crippen molar-refractivity contribution in [1.29, 1.82) is 0 Å². The Labute approximate surface area is 158 Å². The van der Waals surface area contributed by atoms with Gasteiger partial charge in [0.1, 0.15) is 0 Å². The van der Waals surface area contributed by atoms with Crippen LogP contribution in [-0.2, 0) is 0 Å². The fourth-order valence-electron chi connectivity index (χ4n) is 4.81. The number of fused-ring (bicyclic) bond motifs is 2. The molecule has 1 saturated carbocycles. The zero-order chi connectivity index (χ0) is 18.5. The fourth-order valence-corrected chi connectivity index (χ4v) is 4.81. The third-order valence-electron chi connectivity index (χ3n) is 6.45. The van der Waals surface area contributed by atoms with E-state index >= 15 is 0 Å². The Hall–Kier alpha value is -2.41. The summed E-state index contributed by atoms with van der Waals surface area (Å²) in [6.07, 6.45) is 6.52. The summed E-state index contributed by atoms with van der Waals surface area (Å²) in [6, 6.07) is 8.44. The van der Waals surface area contributed by atoms with E-state index in [0.717, 1.165) is 42.8 Å². The highest BCUT2D eigenvalue weighted by Crippen LogP contribution is 2.42. The molecule has 2 saturated heterocycles. The third kappa shape index (κ3) is 2.90. The van der Waals surface area contributed by atoms with Crippen LogP contribution in [0.2, 0.25) is 0 Å². The predicted molar refractivity (Wildman–Crippen MR) is 101 cm³/mol. The predicted octanol–water partition coefficient (Wildman–Crippen LogP) is 3.12. The number of nitrogens with two attached hydrogens (primary N) is 1. The van der Waals surface area contributed by atoms with Crippen LogP contribution in [0, 0.1) is 0 Å². The molecular formula is C20H25N5O2. The number of urea groups is 1. The van der Waals surface area contributed by atoms with Gasteiger partial charge in [0.15, 0.2) is 5.82 Å². The molecule has 142 valence electrons. The van der Waals surface area contributed by atoms with Gasteiger partial charge in [-0.25, -0.2) is 4.79 Å². The molecule has 2 atom stereocenters. The molecule has 2 N–H and O–H groups in total. The van der Waals surface area contributed by atoms with E-state index in [2.05, 4.69) is 22.1 Å². The average molecular weight is 367 g/mol. The minimum absolute atomic E-state index is 0.100. The van der Waals surface area contributed by atoms with Gasteiger partial charge in [-0.2, -0.15) is 4.98 Å². The van der Waals surface area contributed by atoms with Gasteiger partial charge in [-0.15, -0.1) is 0 Å². The van der Waals surface area contributed by atoms with E-state index in [1.807, 2.05) is 24.3 Å². The highest BCUT2D eigenvalue weighted by molar-refractivity contribution is 5.95. The highest BCUT2D eigenvalue weighted by Gasteiger charge is 2.42. The molecule has 2 bridgehead atoms. The molecule has 1 aromatic heterocycles. The fraction of sp³-hybridized carbons (Fsp3) is 0.550. The number of benzene rings is 1. The molecule has 1 aromatic carbocycles. The zero-order valence-electron chi connectivity index (χ0n) is 15.5. The SMILES string of the molecule is CN1C2CCC1CC(N(C(N)=O)c1ccccc1-c1nc(C3CC3)no1)C2. The monoisotopic (exact) mass is 367 g/mol. The maximum absolute atomic E-state index is 12.5. The Morgan fingerprint density at radius 3 is 2.56 bits per heavy atom. The second-order valence-corrected chi connectivity index (χ2v) is 8.13. The summed E-state index contributed by atoms with van der Waals surface area (Å²) in [4.78, 5) is 21.3. The quantitative estimate of drug-likeness (QED) is 0.897. The largest absolute Gasteiger partial charge is 0.351 e. The van der Waals surface area contributed by atoms with Gasteiger partial charge < -0.3 is 15.2 Å². The van der Waals surface area contributed by atoms with Gasteiger partial charge in [0.05, 0.1) is 11.3 Å². The molecule has 0 radical (unpaired) electrons. The lowest BCUT2D eigenvalue weighted by Gasteiger charge is -2.41. The highest BCUT2D eigenvalue weighted by atomic mass is 16.5. The van der Waals surface area contributed by atoms with Crippen molar-refractivity contribution in [3.8, 4) is 11.5 Å². The van der Waals surface area contributed by atoms with Crippen LogP contribution in [0.1, 0.15) is 50.3 Å². The smallest absolute Gasteiger partial charge is 0.319 e. The topological polar surface area (TPSA) is 88.5 Å². The standard InChI is InChI=1S/C20H25N5O2/c1-24-13-8-9-14(24)11-15(10-13)25(20(21)26)17-5-3-2-4-16(17)19-22-18(23-27-19)12-6-7-12/h2-5,12-15H,6-11H2,1H3,(H2,21,26). The Bertz CT molecular complexity index is 848. The van der Waals surface area contributed by atoms with Crippen molar-refractivity contribution >= 4 is 11.7 Å². The number of aromatic nitrogens is 2. The zero-order valence-corrected chi connectivity index (χ0v) is 15.5. The third-order valence-corrected chi connectivity index (χ3v) is 6.45. The average Bonchev–Trinajstić information content (AvgIpc) is 3.36. The molecule has 5 rings (SSSR count). The first-order chi connectivity index (χ1) is 13.1. The van der Waals surface area contributed by atoms with Crippen molar-refractivity contribution in [3.63, 3.8) is 0 Å². The number of amides is 2. The number of hydrogen-bond acceptors (Lipinski definition) is 5. The Balaban J connectivity index is 1.50. The second-order valence-electron chi connectivity index (χ2n) is 8.13. The molecule has 7 heteroatoms. The van der Waals surface area contributed by atoms with Crippen LogP contribution in [0.15, 0.2) is 28.8 Å². The lowest BCUT2D eigenvalue weighted by Crippen LogP contribution is -2.52. The summed E-state index contributed by atoms with van der Waals surface area (Å²) in [6.45, 7) is 0. The van der Waals surface area contributed by atoms with Crippen molar-refractivity contribution < 1.29 is 9.32 Å². The van der Waals surface area contributed by atoms with Crippen molar-refractivity contribution in [1.82, 2.24) is 15.0 Å². The van der Waals surface area contributed by atoms with Crippen molar-refractivity contribution in [2.75, 3.05) is 11.9 Å². The number of nitrogens with zero attached hydrogens (tertiary/aromatic N) is 4. The number of hydrogen-bond donors (Lipinski definition) is 1. The number of piperidine rings is 1. The summed E-state index contributed by atoms with van der Waals surface area (Å²) < 4.78 is 5.53. The number of anilines is 1. The summed E-state index contributed by atoms with van der Waals surface area (Å²) in [5, 5.41) is 4.13. The molecule has 27 heavy (non-hydrogen) atoms.